The van der Waals surface area contributed by atoms with Gasteiger partial charge in [-0.3, -0.25) is 14.4 Å². The number of allylic oxidation sites excluding steroid dienone is 5. The number of alkyl halides is 1. The average Bonchev–Trinajstić information content (AvgIpc) is 3.06. The van der Waals surface area contributed by atoms with Crippen LogP contribution >= 0.6 is 11.6 Å². The minimum absolute atomic E-state index is 0.00996. The van der Waals surface area contributed by atoms with Gasteiger partial charge in [-0.1, -0.05) is 43.9 Å². The van der Waals surface area contributed by atoms with Gasteiger partial charge in [-0.25, -0.2) is 0 Å². The minimum atomic E-state index is -1.31. The van der Waals surface area contributed by atoms with Crippen LogP contribution in [0.3, 0.4) is 0 Å². The molecule has 0 radical (unpaired) electrons. The Morgan fingerprint density at radius 2 is 2.00 bits per heavy atom. The highest BCUT2D eigenvalue weighted by Gasteiger charge is 2.67. The number of halogens is 1. The van der Waals surface area contributed by atoms with Crippen LogP contribution in [-0.4, -0.2) is 40.2 Å². The molecule has 180 valence electrons. The largest absolute Gasteiger partial charge is 0.450 e. The lowest BCUT2D eigenvalue weighted by Gasteiger charge is -2.54. The summed E-state index contributed by atoms with van der Waals surface area (Å²) in [7, 11) is 0. The Hall–Kier alpha value is -1.72. The zero-order chi connectivity index (χ0) is 24.0. The third kappa shape index (κ3) is 3.67. The minimum Gasteiger partial charge on any atom is -0.450 e. The summed E-state index contributed by atoms with van der Waals surface area (Å²) in [5, 5.41) is 11.5. The summed E-state index contributed by atoms with van der Waals surface area (Å²) < 4.78 is 6.07. The standard InChI is InChI=1S/C27H35ClO5/c1-4-5-6-7-23(32)33-27(22(31)16-28)13-11-20-19-9-8-17-14-18(29)10-12-25(17,2)24(19)21(30)15-26(20,27)3/h10,12,14,20-21,30H,4-9,11,13,15-16H2,1-3H3/t20-,21-,25-,26-,27-/m0/s1. The Balaban J connectivity index is 1.74. The molecule has 33 heavy (non-hydrogen) atoms. The zero-order valence-electron chi connectivity index (χ0n) is 19.9. The number of esters is 1. The summed E-state index contributed by atoms with van der Waals surface area (Å²) in [5.74, 6) is -0.824. The monoisotopic (exact) mass is 474 g/mol. The van der Waals surface area contributed by atoms with Gasteiger partial charge >= 0.3 is 5.97 Å². The first kappa shape index (κ1) is 24.4. The van der Waals surface area contributed by atoms with Gasteiger partial charge in [-0.2, -0.15) is 0 Å². The number of Topliss-reactive ketones (excluding diaryl/α,β-unsaturated/α-hetero) is 1. The second kappa shape index (κ2) is 8.81. The van der Waals surface area contributed by atoms with Crippen molar-refractivity contribution in [2.45, 2.75) is 90.3 Å². The molecule has 4 aliphatic carbocycles. The normalized spacial score (nSPS) is 37.2. The van der Waals surface area contributed by atoms with E-state index in [4.69, 9.17) is 16.3 Å². The van der Waals surface area contributed by atoms with E-state index >= 15 is 0 Å². The highest BCUT2D eigenvalue weighted by Crippen LogP contribution is 2.65. The fourth-order valence-electron chi connectivity index (χ4n) is 7.14. The van der Waals surface area contributed by atoms with E-state index in [0.717, 1.165) is 43.3 Å². The predicted molar refractivity (Wildman–Crippen MR) is 127 cm³/mol. The molecule has 0 heterocycles. The van der Waals surface area contributed by atoms with Crippen molar-refractivity contribution in [1.29, 1.82) is 0 Å². The molecular weight excluding hydrogens is 440 g/mol. The van der Waals surface area contributed by atoms with Crippen LogP contribution in [0.25, 0.3) is 0 Å². The van der Waals surface area contributed by atoms with Crippen molar-refractivity contribution in [3.8, 4) is 0 Å². The zero-order valence-corrected chi connectivity index (χ0v) is 20.7. The van der Waals surface area contributed by atoms with Crippen LogP contribution in [0.4, 0.5) is 0 Å². The van der Waals surface area contributed by atoms with Gasteiger partial charge in [-0.15, -0.1) is 11.6 Å². The highest BCUT2D eigenvalue weighted by atomic mass is 35.5. The van der Waals surface area contributed by atoms with Gasteiger partial charge < -0.3 is 9.84 Å². The molecule has 0 saturated heterocycles. The van der Waals surface area contributed by atoms with Gasteiger partial charge in [0, 0.05) is 17.3 Å². The third-order valence-electron chi connectivity index (χ3n) is 8.83. The number of carbonyl (C=O) groups excluding carboxylic acids is 3. The molecule has 5 nitrogen and oxygen atoms in total. The molecule has 1 N–H and O–H groups in total. The van der Waals surface area contributed by atoms with E-state index in [1.165, 1.54) is 5.57 Å². The fraction of sp³-hybridized carbons (Fsp3) is 0.667. The van der Waals surface area contributed by atoms with Crippen molar-refractivity contribution in [3.05, 3.63) is 34.9 Å². The van der Waals surface area contributed by atoms with E-state index in [0.29, 0.717) is 19.3 Å². The molecule has 0 bridgehead atoms. The topological polar surface area (TPSA) is 80.7 Å². The van der Waals surface area contributed by atoms with Crippen LogP contribution in [0.5, 0.6) is 0 Å². The van der Waals surface area contributed by atoms with Gasteiger partial charge in [0.2, 0.25) is 0 Å². The molecule has 5 atom stereocenters. The first-order chi connectivity index (χ1) is 15.6. The number of aliphatic hydroxyl groups excluding tert-OH is 1. The molecule has 0 aliphatic heterocycles. The van der Waals surface area contributed by atoms with Gasteiger partial charge in [0.1, 0.15) is 0 Å². The molecule has 4 rings (SSSR count). The Morgan fingerprint density at radius 3 is 2.70 bits per heavy atom. The lowest BCUT2D eigenvalue weighted by Crippen LogP contribution is -2.58. The Labute approximate surface area is 201 Å². The van der Waals surface area contributed by atoms with E-state index in [1.807, 2.05) is 13.0 Å². The lowest BCUT2D eigenvalue weighted by molar-refractivity contribution is -0.183. The Bertz CT molecular complexity index is 962. The summed E-state index contributed by atoms with van der Waals surface area (Å²) in [5.41, 5.74) is 0.664. The predicted octanol–water partition coefficient (Wildman–Crippen LogP) is 5.00. The van der Waals surface area contributed by atoms with Crippen molar-refractivity contribution in [2.75, 3.05) is 5.88 Å². The summed E-state index contributed by atoms with van der Waals surface area (Å²) in [6.45, 7) is 6.14. The number of hydrogen-bond donors (Lipinski definition) is 1. The van der Waals surface area contributed by atoms with E-state index in [-0.39, 0.29) is 35.8 Å². The van der Waals surface area contributed by atoms with Crippen molar-refractivity contribution in [3.63, 3.8) is 0 Å². The molecular formula is C27H35ClO5. The first-order valence-electron chi connectivity index (χ1n) is 12.3. The number of ketones is 2. The molecule has 6 heteroatoms. The number of aliphatic hydroxyl groups is 1. The molecule has 4 aliphatic rings. The average molecular weight is 475 g/mol. The molecule has 1 fully saturated rings. The number of rotatable bonds is 7. The van der Waals surface area contributed by atoms with Crippen molar-refractivity contribution in [2.24, 2.45) is 16.7 Å². The summed E-state index contributed by atoms with van der Waals surface area (Å²) in [6.07, 6.45) is 10.3. The molecule has 0 aromatic carbocycles. The number of carbonyl (C=O) groups is 3. The summed E-state index contributed by atoms with van der Waals surface area (Å²) in [6, 6.07) is 0. The fourth-order valence-corrected chi connectivity index (χ4v) is 7.35. The SMILES string of the molecule is CCCCCC(=O)O[C@]1(C(=O)CCl)CC[C@H]2C3=C([C@@H](O)C[C@@]21C)[C@@]1(C)C=CC(=O)C=C1CC3. The van der Waals surface area contributed by atoms with Crippen LogP contribution in [0.1, 0.15) is 78.6 Å². The van der Waals surface area contributed by atoms with Crippen molar-refractivity contribution in [1.82, 2.24) is 0 Å². The Morgan fingerprint density at radius 1 is 1.24 bits per heavy atom. The molecule has 0 amide bonds. The summed E-state index contributed by atoms with van der Waals surface area (Å²) >= 11 is 6.06. The van der Waals surface area contributed by atoms with Gasteiger partial charge in [0.25, 0.3) is 0 Å². The van der Waals surface area contributed by atoms with Crippen LogP contribution < -0.4 is 0 Å². The molecule has 0 aromatic rings. The smallest absolute Gasteiger partial charge is 0.306 e. The number of unbranched alkanes of at least 4 members (excludes halogenated alkanes) is 2. The first-order valence-corrected chi connectivity index (χ1v) is 12.8. The molecule has 0 unspecified atom stereocenters. The summed E-state index contributed by atoms with van der Waals surface area (Å²) in [4.78, 5) is 38.1. The Kier molecular flexibility index (Phi) is 6.52. The quantitative estimate of drug-likeness (QED) is 0.243. The number of fused-ring (bicyclic) bond motifs is 4. The number of ether oxygens (including phenoxy) is 1. The van der Waals surface area contributed by atoms with Crippen molar-refractivity contribution < 1.29 is 24.2 Å². The van der Waals surface area contributed by atoms with Crippen molar-refractivity contribution >= 4 is 29.1 Å². The third-order valence-corrected chi connectivity index (χ3v) is 9.07. The lowest BCUT2D eigenvalue weighted by atomic mass is 9.52. The van der Waals surface area contributed by atoms with Crippen LogP contribution in [0, 0.1) is 16.7 Å². The van der Waals surface area contributed by atoms with Crippen LogP contribution in [0.15, 0.2) is 34.9 Å². The van der Waals surface area contributed by atoms with E-state index in [2.05, 4.69) is 13.8 Å². The van der Waals surface area contributed by atoms with Crippen LogP contribution in [0.2, 0.25) is 0 Å². The van der Waals surface area contributed by atoms with Gasteiger partial charge in [0.05, 0.1) is 12.0 Å². The van der Waals surface area contributed by atoms with Crippen LogP contribution in [-0.2, 0) is 19.1 Å². The maximum absolute atomic E-state index is 13.3. The highest BCUT2D eigenvalue weighted by molar-refractivity contribution is 6.29. The second-order valence-electron chi connectivity index (χ2n) is 10.6. The van der Waals surface area contributed by atoms with E-state index in [9.17, 15) is 19.5 Å². The number of hydrogen-bond acceptors (Lipinski definition) is 5. The van der Waals surface area contributed by atoms with E-state index < -0.39 is 22.5 Å². The van der Waals surface area contributed by atoms with Gasteiger partial charge in [-0.05, 0) is 69.1 Å². The van der Waals surface area contributed by atoms with Gasteiger partial charge in [0.15, 0.2) is 17.2 Å². The second-order valence-corrected chi connectivity index (χ2v) is 10.9. The maximum Gasteiger partial charge on any atom is 0.306 e. The molecule has 1 saturated carbocycles. The maximum atomic E-state index is 13.3. The van der Waals surface area contributed by atoms with E-state index in [1.54, 1.807) is 12.2 Å². The molecule has 0 aromatic heterocycles. The molecule has 0 spiro atoms.